The maximum Gasteiger partial charge on any atom is 0.328 e. The van der Waals surface area contributed by atoms with Crippen molar-refractivity contribution in [2.75, 3.05) is 39.0 Å². The summed E-state index contributed by atoms with van der Waals surface area (Å²) in [5.74, 6) is -0.538. The van der Waals surface area contributed by atoms with E-state index in [1.807, 2.05) is 19.9 Å². The number of anilines is 1. The van der Waals surface area contributed by atoms with Gasteiger partial charge >= 0.3 is 5.97 Å². The highest BCUT2D eigenvalue weighted by molar-refractivity contribution is 8.68. The smallest absolute Gasteiger partial charge is 0.328 e. The Bertz CT molecular complexity index is 1490. The number of esters is 1. The number of hydrogen-bond donors (Lipinski definition) is 4. The van der Waals surface area contributed by atoms with Crippen LogP contribution in [0.3, 0.4) is 0 Å². The number of nitrogens with zero attached hydrogens (tertiary/aromatic N) is 2. The Labute approximate surface area is 322 Å². The van der Waals surface area contributed by atoms with Gasteiger partial charge in [-0.1, -0.05) is 60.0 Å². The standard InChI is InChI=1S/C37H56ClN3O9S2/c1-21-11-10-12-29(48-9)37(39,46)19-27(42)23(3)34-36(5,50-34)30(49-35(45)24(4)40(6)31(43)14-13-22(2)20-52-51)18-32(44)41(7)26-16-25(15-21)17-28(47-8)33(26)38/h10-12,16-17,22-24,27,29-30,34,42,46,51H,13-15,18-20,39H2,1-9H3/b12-10+,21-11+/t22-,23?,24+,27?,29?,30?,34?,36?,37?/m1/s1. The number of thiol groups is 1. The number of carbonyl (C=O) groups is 3. The van der Waals surface area contributed by atoms with E-state index in [0.717, 1.165) is 16.9 Å². The molecule has 0 radical (unpaired) electrons. The molecule has 2 amide bonds. The molecule has 15 heteroatoms. The van der Waals surface area contributed by atoms with E-state index in [4.69, 9.17) is 36.3 Å². The van der Waals surface area contributed by atoms with Crippen molar-refractivity contribution < 1.29 is 43.5 Å². The van der Waals surface area contributed by atoms with E-state index < -0.39 is 59.6 Å². The van der Waals surface area contributed by atoms with Gasteiger partial charge in [-0.2, -0.15) is 0 Å². The minimum Gasteiger partial charge on any atom is -0.495 e. The number of rotatable bonds is 10. The summed E-state index contributed by atoms with van der Waals surface area (Å²) >= 11 is 10.9. The van der Waals surface area contributed by atoms with Crippen molar-refractivity contribution in [3.63, 3.8) is 0 Å². The van der Waals surface area contributed by atoms with Crippen LogP contribution in [0.1, 0.15) is 65.9 Å². The summed E-state index contributed by atoms with van der Waals surface area (Å²) in [6.45, 7) is 8.96. The van der Waals surface area contributed by atoms with Crippen molar-refractivity contribution >= 4 is 57.5 Å². The summed E-state index contributed by atoms with van der Waals surface area (Å²) in [4.78, 5) is 43.5. The Morgan fingerprint density at radius 2 is 1.96 bits per heavy atom. The molecule has 12 nitrogen and oxygen atoms in total. The number of amides is 2. The first-order valence-corrected chi connectivity index (χ1v) is 19.8. The Morgan fingerprint density at radius 1 is 1.29 bits per heavy atom. The zero-order valence-corrected chi connectivity index (χ0v) is 34.1. The highest BCUT2D eigenvalue weighted by Crippen LogP contribution is 2.48. The van der Waals surface area contributed by atoms with E-state index in [1.54, 1.807) is 59.2 Å². The normalized spacial score (nSPS) is 31.4. The third-order valence-corrected chi connectivity index (χ3v) is 11.8. The van der Waals surface area contributed by atoms with E-state index in [2.05, 4.69) is 11.7 Å². The van der Waals surface area contributed by atoms with Gasteiger partial charge in [0.1, 0.15) is 40.3 Å². The molecular weight excluding hydrogens is 730 g/mol. The average molecular weight is 786 g/mol. The fraction of sp³-hybridized carbons (Fsp3) is 0.649. The second kappa shape index (κ2) is 18.8. The molecule has 1 aromatic rings. The number of methoxy groups -OCH3 is 2. The second-order valence-corrected chi connectivity index (χ2v) is 16.2. The summed E-state index contributed by atoms with van der Waals surface area (Å²) < 4.78 is 23.3. The molecule has 9 atom stereocenters. The van der Waals surface area contributed by atoms with Gasteiger partial charge in [-0.3, -0.25) is 9.59 Å². The first-order valence-electron chi connectivity index (χ1n) is 17.4. The SMILES string of the molecule is COc1cc2cc(c1Cl)N(C)C(=O)CC(OC(=O)[C@H](C)N(C)C(=O)CC[C@@H](C)CSS)C1(C)OC1C(C)C(O)CC(N)(O)C(OC)/C=C/C=C(\C)C2. The van der Waals surface area contributed by atoms with Gasteiger partial charge in [0.2, 0.25) is 11.8 Å². The number of aliphatic hydroxyl groups excluding tert-OH is 1. The highest BCUT2D eigenvalue weighted by Gasteiger charge is 2.63. The molecule has 2 heterocycles. The topological polar surface area (TPSA) is 164 Å². The fourth-order valence-electron chi connectivity index (χ4n) is 6.41. The van der Waals surface area contributed by atoms with E-state index >= 15 is 0 Å². The summed E-state index contributed by atoms with van der Waals surface area (Å²) in [6, 6.07) is 2.62. The molecule has 0 aliphatic carbocycles. The summed E-state index contributed by atoms with van der Waals surface area (Å²) in [5.41, 5.74) is 5.29. The number of hydrogen-bond acceptors (Lipinski definition) is 12. The lowest BCUT2D eigenvalue weighted by Crippen LogP contribution is -2.54. The molecule has 0 saturated carbocycles. The van der Waals surface area contributed by atoms with Crippen LogP contribution in [0.2, 0.25) is 5.02 Å². The Balaban J connectivity index is 2.01. The molecule has 3 rings (SSSR count). The number of likely N-dealkylation sites (N-methyl/N-ethyl adjacent to an activating group) is 1. The van der Waals surface area contributed by atoms with E-state index in [1.165, 1.54) is 34.8 Å². The van der Waals surface area contributed by atoms with Crippen molar-refractivity contribution in [1.29, 1.82) is 0 Å². The molecule has 292 valence electrons. The zero-order valence-electron chi connectivity index (χ0n) is 31.6. The van der Waals surface area contributed by atoms with Gasteiger partial charge in [0.15, 0.2) is 0 Å². The molecule has 52 heavy (non-hydrogen) atoms. The molecule has 4 N–H and O–H groups in total. The lowest BCUT2D eigenvalue weighted by molar-refractivity contribution is -0.162. The second-order valence-electron chi connectivity index (χ2n) is 14.4. The van der Waals surface area contributed by atoms with Crippen molar-refractivity contribution in [2.45, 2.75) is 109 Å². The number of epoxide rings is 1. The van der Waals surface area contributed by atoms with Crippen molar-refractivity contribution in [3.8, 4) is 5.75 Å². The van der Waals surface area contributed by atoms with Crippen LogP contribution >= 0.6 is 34.1 Å². The Hall–Kier alpha value is -2.30. The Morgan fingerprint density at radius 3 is 2.58 bits per heavy atom. The van der Waals surface area contributed by atoms with Crippen LogP contribution in [0.25, 0.3) is 0 Å². The molecule has 2 bridgehead atoms. The minimum absolute atomic E-state index is 0.215. The number of aliphatic hydroxyl groups is 2. The number of nitrogens with two attached hydrogens (primary N) is 1. The minimum atomic E-state index is -1.95. The molecule has 2 aliphatic rings. The summed E-state index contributed by atoms with van der Waals surface area (Å²) in [5, 5.41) is 22.8. The van der Waals surface area contributed by atoms with E-state index in [9.17, 15) is 24.6 Å². The monoisotopic (exact) mass is 785 g/mol. The van der Waals surface area contributed by atoms with Gasteiger partial charge in [-0.25, -0.2) is 4.79 Å². The van der Waals surface area contributed by atoms with Crippen molar-refractivity contribution in [3.05, 3.63) is 46.5 Å². The zero-order chi connectivity index (χ0) is 39.1. The molecule has 1 aromatic carbocycles. The van der Waals surface area contributed by atoms with Gasteiger partial charge in [0.05, 0.1) is 31.4 Å². The largest absolute Gasteiger partial charge is 0.495 e. The molecule has 7 unspecified atom stereocenters. The number of allylic oxidation sites excluding steroid dienone is 3. The Kier molecular flexibility index (Phi) is 16.0. The summed E-state index contributed by atoms with van der Waals surface area (Å²) in [6.07, 6.45) is 2.04. The van der Waals surface area contributed by atoms with Crippen LogP contribution in [0.4, 0.5) is 5.69 Å². The quantitative estimate of drug-likeness (QED) is 0.0854. The van der Waals surface area contributed by atoms with Crippen molar-refractivity contribution in [2.24, 2.45) is 17.6 Å². The lowest BCUT2D eigenvalue weighted by atomic mass is 9.84. The summed E-state index contributed by atoms with van der Waals surface area (Å²) in [7, 11) is 7.44. The fourth-order valence-corrected chi connectivity index (χ4v) is 7.91. The van der Waals surface area contributed by atoms with Gasteiger partial charge in [0.25, 0.3) is 0 Å². The number of benzene rings is 1. The van der Waals surface area contributed by atoms with Crippen molar-refractivity contribution in [1.82, 2.24) is 4.90 Å². The molecule has 2 aliphatic heterocycles. The maximum absolute atomic E-state index is 14.1. The van der Waals surface area contributed by atoms with Gasteiger partial charge in [-0.05, 0) is 57.2 Å². The van der Waals surface area contributed by atoms with Crippen LogP contribution in [0.15, 0.2) is 35.9 Å². The molecule has 0 aromatic heterocycles. The van der Waals surface area contributed by atoms with Crippen LogP contribution in [-0.4, -0.2) is 109 Å². The number of carbonyl (C=O) groups excluding carboxylic acids is 3. The predicted molar refractivity (Wildman–Crippen MR) is 208 cm³/mol. The maximum atomic E-state index is 14.1. The third-order valence-electron chi connectivity index (χ3n) is 10.2. The van der Waals surface area contributed by atoms with Crippen LogP contribution in [0, 0.1) is 11.8 Å². The highest BCUT2D eigenvalue weighted by atomic mass is 35.5. The van der Waals surface area contributed by atoms with Gasteiger partial charge in [-0.15, -0.1) is 11.7 Å². The molecule has 0 spiro atoms. The van der Waals surface area contributed by atoms with Gasteiger partial charge in [0, 0.05) is 45.7 Å². The van der Waals surface area contributed by atoms with Gasteiger partial charge < -0.3 is 44.7 Å². The third kappa shape index (κ3) is 10.9. The van der Waals surface area contributed by atoms with Crippen LogP contribution in [-0.2, 0) is 35.0 Å². The molecular formula is C37H56ClN3O9S2. The first-order chi connectivity index (χ1) is 24.3. The number of fused-ring (bicyclic) bond motifs is 3. The molecule has 1 fully saturated rings. The number of halogens is 1. The van der Waals surface area contributed by atoms with Crippen LogP contribution in [0.5, 0.6) is 5.75 Å². The van der Waals surface area contributed by atoms with Crippen LogP contribution < -0.4 is 15.4 Å². The predicted octanol–water partition coefficient (Wildman–Crippen LogP) is 4.72. The van der Waals surface area contributed by atoms with E-state index in [0.29, 0.717) is 24.3 Å². The first kappa shape index (κ1) is 44.1. The lowest BCUT2D eigenvalue weighted by Gasteiger charge is -2.33. The number of ether oxygens (including phenoxy) is 4. The molecule has 1 saturated heterocycles. The average Bonchev–Trinajstić information content (AvgIpc) is 3.79. The van der Waals surface area contributed by atoms with E-state index in [-0.39, 0.29) is 36.1 Å².